The molecule has 2 aliphatic rings. The van der Waals surface area contributed by atoms with Crippen molar-refractivity contribution in [2.45, 2.75) is 51.4 Å². The lowest BCUT2D eigenvalue weighted by molar-refractivity contribution is -0.119. The number of hydrogen-bond donors (Lipinski definition) is 4. The molecule has 256 valence electrons. The van der Waals surface area contributed by atoms with E-state index in [1.807, 2.05) is 43.3 Å². The predicted octanol–water partition coefficient (Wildman–Crippen LogP) is 4.37. The second-order valence-corrected chi connectivity index (χ2v) is 12.7. The van der Waals surface area contributed by atoms with Crippen LogP contribution in [-0.2, 0) is 17.9 Å². The number of rotatable bonds is 12. The summed E-state index contributed by atoms with van der Waals surface area (Å²) in [6.45, 7) is 4.99. The molecule has 0 bridgehead atoms. The zero-order valence-corrected chi connectivity index (χ0v) is 28.5. The Bertz CT molecular complexity index is 1850. The summed E-state index contributed by atoms with van der Waals surface area (Å²) in [6, 6.07) is 13.1. The Hall–Kier alpha value is -4.62. The van der Waals surface area contributed by atoms with E-state index in [4.69, 9.17) is 26.1 Å². The summed E-state index contributed by atoms with van der Waals surface area (Å²) in [7, 11) is 3.15. The minimum absolute atomic E-state index is 0.0894. The van der Waals surface area contributed by atoms with Crippen molar-refractivity contribution in [3.63, 3.8) is 0 Å². The number of aliphatic hydroxyl groups excluding tert-OH is 1. The molecule has 0 aliphatic carbocycles. The molecule has 5 heterocycles. The second-order valence-electron chi connectivity index (χ2n) is 12.3. The van der Waals surface area contributed by atoms with Gasteiger partial charge in [-0.25, -0.2) is 9.97 Å². The van der Waals surface area contributed by atoms with Crippen LogP contribution in [-0.4, -0.2) is 82.8 Å². The van der Waals surface area contributed by atoms with Crippen molar-refractivity contribution in [3.05, 3.63) is 82.3 Å². The largest absolute Gasteiger partial charge is 0.495 e. The highest BCUT2D eigenvalue weighted by molar-refractivity contribution is 6.35. The van der Waals surface area contributed by atoms with Crippen molar-refractivity contribution in [1.82, 2.24) is 30.5 Å². The molecule has 4 aromatic rings. The molecule has 0 unspecified atom stereocenters. The SMILES string of the molecule is COc1cnc(C(=O)Nc2cccc(-c3nccc(-c4ccc(CNC[C@@H]5CCC(=O)N5)c(OC)n4)c3Cl)c2C)cc1CN1CC[C@@H](O)C1. The van der Waals surface area contributed by atoms with Gasteiger partial charge in [0.15, 0.2) is 0 Å². The van der Waals surface area contributed by atoms with Crippen LogP contribution in [0.15, 0.2) is 54.9 Å². The maximum Gasteiger partial charge on any atom is 0.274 e. The third-order valence-corrected chi connectivity index (χ3v) is 9.35. The molecule has 0 radical (unpaired) electrons. The second kappa shape index (κ2) is 15.3. The summed E-state index contributed by atoms with van der Waals surface area (Å²) < 4.78 is 11.1. The van der Waals surface area contributed by atoms with Crippen LogP contribution >= 0.6 is 11.6 Å². The summed E-state index contributed by atoms with van der Waals surface area (Å²) in [5.41, 5.74) is 5.97. The molecule has 0 saturated carbocycles. The van der Waals surface area contributed by atoms with Crippen LogP contribution < -0.4 is 25.4 Å². The summed E-state index contributed by atoms with van der Waals surface area (Å²) in [4.78, 5) is 40.8. The van der Waals surface area contributed by atoms with Gasteiger partial charge >= 0.3 is 0 Å². The number of likely N-dealkylation sites (tertiary alicyclic amines) is 1. The monoisotopic (exact) mass is 685 g/mol. The van der Waals surface area contributed by atoms with Gasteiger partial charge < -0.3 is 30.5 Å². The van der Waals surface area contributed by atoms with Crippen LogP contribution in [0.5, 0.6) is 11.6 Å². The number of benzene rings is 1. The summed E-state index contributed by atoms with van der Waals surface area (Å²) in [6.07, 6.45) is 5.00. The highest BCUT2D eigenvalue weighted by Crippen LogP contribution is 2.38. The van der Waals surface area contributed by atoms with E-state index in [9.17, 15) is 14.7 Å². The van der Waals surface area contributed by atoms with Gasteiger partial charge in [-0.05, 0) is 49.6 Å². The first kappa shape index (κ1) is 34.3. The van der Waals surface area contributed by atoms with Gasteiger partial charge in [-0.1, -0.05) is 29.8 Å². The fourth-order valence-corrected chi connectivity index (χ4v) is 6.61. The van der Waals surface area contributed by atoms with E-state index in [2.05, 4.69) is 30.8 Å². The number of amides is 2. The Morgan fingerprint density at radius 2 is 1.96 bits per heavy atom. The van der Waals surface area contributed by atoms with Gasteiger partial charge in [0, 0.05) is 79.3 Å². The number of halogens is 1. The normalized spacial score (nSPS) is 17.6. The highest BCUT2D eigenvalue weighted by atomic mass is 35.5. The first-order chi connectivity index (χ1) is 23.7. The minimum Gasteiger partial charge on any atom is -0.495 e. The number of anilines is 1. The Kier molecular flexibility index (Phi) is 10.7. The molecular formula is C36H40ClN7O5. The number of β-amino-alcohol motifs (C(OH)–C–C–N with tert-alkyl or cyclic N) is 1. The van der Waals surface area contributed by atoms with Crippen LogP contribution in [0, 0.1) is 6.92 Å². The maximum absolute atomic E-state index is 13.4. The summed E-state index contributed by atoms with van der Waals surface area (Å²) in [5.74, 6) is 0.790. The molecular weight excluding hydrogens is 646 g/mol. The molecule has 1 aromatic carbocycles. The zero-order chi connectivity index (χ0) is 34.5. The number of methoxy groups -OCH3 is 2. The zero-order valence-electron chi connectivity index (χ0n) is 27.8. The molecule has 2 fully saturated rings. The molecule has 2 atom stereocenters. The van der Waals surface area contributed by atoms with E-state index in [0.29, 0.717) is 71.9 Å². The van der Waals surface area contributed by atoms with Crippen LogP contribution in [0.3, 0.4) is 0 Å². The van der Waals surface area contributed by atoms with Crippen LogP contribution in [0.4, 0.5) is 5.69 Å². The number of aromatic nitrogens is 3. The molecule has 6 rings (SSSR count). The summed E-state index contributed by atoms with van der Waals surface area (Å²) >= 11 is 7.01. The maximum atomic E-state index is 13.4. The molecule has 2 saturated heterocycles. The van der Waals surface area contributed by atoms with Gasteiger partial charge in [0.1, 0.15) is 11.4 Å². The quantitative estimate of drug-likeness (QED) is 0.169. The van der Waals surface area contributed by atoms with Crippen LogP contribution in [0.25, 0.3) is 22.5 Å². The fraction of sp³-hybridized carbons (Fsp3) is 0.361. The lowest BCUT2D eigenvalue weighted by Crippen LogP contribution is -2.35. The highest BCUT2D eigenvalue weighted by Gasteiger charge is 2.24. The Morgan fingerprint density at radius 3 is 2.69 bits per heavy atom. The Labute approximate surface area is 290 Å². The standard InChI is InChI=1S/C36H40ClN7O5/c1-21-26(5-4-6-28(21)42-35(47)30-15-23(31(48-2)18-40-30)19-44-14-12-25(45)20-44)34-33(37)27(11-13-39-34)29-9-7-22(36(43-29)49-3)16-38-17-24-8-10-32(46)41-24/h4-7,9,11,13,15,18,24-25,38,45H,8,10,12,14,16-17,19-20H2,1-3H3,(H,41,46)(H,42,47)/t24-,25+/m0/s1. The van der Waals surface area contributed by atoms with E-state index >= 15 is 0 Å². The number of nitrogens with zero attached hydrogens (tertiary/aromatic N) is 4. The van der Waals surface area contributed by atoms with Crippen LogP contribution in [0.1, 0.15) is 46.4 Å². The van der Waals surface area contributed by atoms with Gasteiger partial charge in [0.25, 0.3) is 5.91 Å². The third kappa shape index (κ3) is 7.83. The van der Waals surface area contributed by atoms with Gasteiger partial charge in [0.05, 0.1) is 42.9 Å². The Balaban J connectivity index is 1.20. The number of ether oxygens (including phenoxy) is 2. The van der Waals surface area contributed by atoms with Crippen molar-refractivity contribution in [2.24, 2.45) is 0 Å². The van der Waals surface area contributed by atoms with Crippen molar-refractivity contribution in [2.75, 3.05) is 39.2 Å². The van der Waals surface area contributed by atoms with Gasteiger partial charge in [-0.15, -0.1) is 0 Å². The smallest absolute Gasteiger partial charge is 0.274 e. The average molecular weight is 686 g/mol. The molecule has 3 aromatic heterocycles. The number of pyridine rings is 3. The van der Waals surface area contributed by atoms with Crippen molar-refractivity contribution < 1.29 is 24.2 Å². The van der Waals surface area contributed by atoms with Gasteiger partial charge in [-0.2, -0.15) is 0 Å². The van der Waals surface area contributed by atoms with E-state index in [1.54, 1.807) is 32.7 Å². The van der Waals surface area contributed by atoms with Crippen molar-refractivity contribution in [1.29, 1.82) is 0 Å². The van der Waals surface area contributed by atoms with Crippen molar-refractivity contribution >= 4 is 29.1 Å². The van der Waals surface area contributed by atoms with Crippen LogP contribution in [0.2, 0.25) is 5.02 Å². The number of aliphatic hydroxyl groups is 1. The van der Waals surface area contributed by atoms with Gasteiger partial charge in [-0.3, -0.25) is 19.5 Å². The summed E-state index contributed by atoms with van der Waals surface area (Å²) in [5, 5.41) is 19.7. The van der Waals surface area contributed by atoms with Crippen molar-refractivity contribution in [3.8, 4) is 34.1 Å². The minimum atomic E-state index is -0.364. The lowest BCUT2D eigenvalue weighted by atomic mass is 10.0. The number of hydrogen-bond acceptors (Lipinski definition) is 10. The number of nitrogens with one attached hydrogen (secondary N) is 3. The topological polar surface area (TPSA) is 151 Å². The number of carbonyl (C=O) groups excluding carboxylic acids is 2. The van der Waals surface area contributed by atoms with E-state index in [1.165, 1.54) is 0 Å². The molecule has 12 nitrogen and oxygen atoms in total. The predicted molar refractivity (Wildman–Crippen MR) is 187 cm³/mol. The Morgan fingerprint density at radius 1 is 1.10 bits per heavy atom. The average Bonchev–Trinajstić information content (AvgIpc) is 3.72. The molecule has 0 spiro atoms. The first-order valence-electron chi connectivity index (χ1n) is 16.3. The lowest BCUT2D eigenvalue weighted by Gasteiger charge is -2.18. The molecule has 2 amide bonds. The molecule has 4 N–H and O–H groups in total. The fourth-order valence-electron chi connectivity index (χ4n) is 6.30. The third-order valence-electron chi connectivity index (χ3n) is 8.97. The van der Waals surface area contributed by atoms with Gasteiger partial charge in [0.2, 0.25) is 11.8 Å². The number of carbonyl (C=O) groups is 2. The first-order valence-corrected chi connectivity index (χ1v) is 16.6. The van der Waals surface area contributed by atoms with E-state index < -0.39 is 0 Å². The van der Waals surface area contributed by atoms with E-state index in [-0.39, 0.29) is 29.7 Å². The van der Waals surface area contributed by atoms with E-state index in [0.717, 1.165) is 41.6 Å². The molecule has 2 aliphatic heterocycles. The molecule has 49 heavy (non-hydrogen) atoms. The molecule has 13 heteroatoms.